The van der Waals surface area contributed by atoms with E-state index in [1.807, 2.05) is 52.0 Å². The van der Waals surface area contributed by atoms with Gasteiger partial charge in [0.2, 0.25) is 5.89 Å². The fraction of sp³-hybridized carbons (Fsp3) is 0.444. The topological polar surface area (TPSA) is 78.6 Å². The molecule has 24 heavy (non-hydrogen) atoms. The normalized spacial score (nSPS) is 12.0. The summed E-state index contributed by atoms with van der Waals surface area (Å²) in [6.45, 7) is 8.53. The molecule has 130 valence electrons. The molecule has 6 heteroatoms. The molecule has 2 aromatic rings. The Labute approximate surface area is 142 Å². The molecule has 2 N–H and O–H groups in total. The third-order valence-corrected chi connectivity index (χ3v) is 3.99. The smallest absolute Gasteiger partial charge is 0.317 e. The number of aliphatic hydroxyl groups is 1. The highest BCUT2D eigenvalue weighted by Gasteiger charge is 2.18. The van der Waals surface area contributed by atoms with Gasteiger partial charge in [-0.15, -0.1) is 0 Å². The van der Waals surface area contributed by atoms with Crippen LogP contribution in [0, 0.1) is 20.8 Å². The van der Waals surface area contributed by atoms with E-state index in [-0.39, 0.29) is 19.1 Å². The largest absolute Gasteiger partial charge is 0.444 e. The maximum Gasteiger partial charge on any atom is 0.317 e. The van der Waals surface area contributed by atoms with E-state index in [2.05, 4.69) is 10.3 Å². The van der Waals surface area contributed by atoms with Crippen molar-refractivity contribution in [1.29, 1.82) is 0 Å². The number of likely N-dealkylation sites (N-methyl/N-ethyl adjacent to an activating group) is 1. The van der Waals surface area contributed by atoms with Gasteiger partial charge in [-0.3, -0.25) is 0 Å². The summed E-state index contributed by atoms with van der Waals surface area (Å²) in [5, 5.41) is 13.1. The molecule has 1 aromatic heterocycles. The average Bonchev–Trinajstić information content (AvgIpc) is 2.89. The lowest BCUT2D eigenvalue weighted by atomic mass is 10.1. The molecule has 0 aliphatic heterocycles. The van der Waals surface area contributed by atoms with Crippen molar-refractivity contribution in [2.75, 3.05) is 13.1 Å². The summed E-state index contributed by atoms with van der Waals surface area (Å²) in [6, 6.07) is 7.40. The Balaban J connectivity index is 1.91. The molecule has 6 nitrogen and oxygen atoms in total. The molecule has 2 amide bonds. The lowest BCUT2D eigenvalue weighted by Gasteiger charge is -2.24. The van der Waals surface area contributed by atoms with Crippen molar-refractivity contribution in [2.24, 2.45) is 0 Å². The molecule has 2 rings (SSSR count). The molecule has 1 unspecified atom stereocenters. The first kappa shape index (κ1) is 18.0. The number of nitrogens with zero attached hydrogens (tertiary/aromatic N) is 2. The quantitative estimate of drug-likeness (QED) is 0.853. The molecule has 0 aliphatic carbocycles. The first-order chi connectivity index (χ1) is 11.4. The van der Waals surface area contributed by atoms with Gasteiger partial charge in [0.15, 0.2) is 0 Å². The zero-order valence-electron chi connectivity index (χ0n) is 14.7. The van der Waals surface area contributed by atoms with E-state index >= 15 is 0 Å². The summed E-state index contributed by atoms with van der Waals surface area (Å²) in [5.41, 5.74) is 2.75. The van der Waals surface area contributed by atoms with E-state index in [0.717, 1.165) is 22.6 Å². The summed E-state index contributed by atoms with van der Waals surface area (Å²) >= 11 is 0. The SMILES string of the molecule is CCN(CC(O)c1ccc(C)cc1)C(=O)NCc1nc(C)c(C)o1. The highest BCUT2D eigenvalue weighted by Crippen LogP contribution is 2.15. The number of oxazole rings is 1. The number of aryl methyl sites for hydroxylation is 3. The van der Waals surface area contributed by atoms with Crippen LogP contribution in [0.1, 0.15) is 41.5 Å². The Bertz CT molecular complexity index is 660. The molecular weight excluding hydrogens is 306 g/mol. The van der Waals surface area contributed by atoms with Crippen LogP contribution in [0.3, 0.4) is 0 Å². The number of carbonyl (C=O) groups excluding carboxylic acids is 1. The van der Waals surface area contributed by atoms with Crippen LogP contribution in [-0.2, 0) is 6.54 Å². The van der Waals surface area contributed by atoms with Crippen molar-refractivity contribution in [3.05, 3.63) is 52.7 Å². The maximum atomic E-state index is 12.3. The van der Waals surface area contributed by atoms with Crippen LogP contribution in [0.15, 0.2) is 28.7 Å². The number of carbonyl (C=O) groups is 1. The highest BCUT2D eigenvalue weighted by molar-refractivity contribution is 5.74. The number of amides is 2. The lowest BCUT2D eigenvalue weighted by Crippen LogP contribution is -2.41. The van der Waals surface area contributed by atoms with Crippen molar-refractivity contribution < 1.29 is 14.3 Å². The molecule has 1 aromatic carbocycles. The molecule has 0 fully saturated rings. The number of urea groups is 1. The molecule has 1 atom stereocenters. The van der Waals surface area contributed by atoms with Gasteiger partial charge in [0.1, 0.15) is 5.76 Å². The Morgan fingerprint density at radius 3 is 2.50 bits per heavy atom. The van der Waals surface area contributed by atoms with Gasteiger partial charge in [-0.2, -0.15) is 0 Å². The molecule has 0 radical (unpaired) electrons. The van der Waals surface area contributed by atoms with Crippen LogP contribution in [-0.4, -0.2) is 34.1 Å². The van der Waals surface area contributed by atoms with Crippen LogP contribution in [0.4, 0.5) is 4.79 Å². The Morgan fingerprint density at radius 1 is 1.29 bits per heavy atom. The van der Waals surface area contributed by atoms with E-state index in [9.17, 15) is 9.90 Å². The highest BCUT2D eigenvalue weighted by atomic mass is 16.4. The van der Waals surface area contributed by atoms with Gasteiger partial charge < -0.3 is 19.7 Å². The van der Waals surface area contributed by atoms with Crippen molar-refractivity contribution in [3.63, 3.8) is 0 Å². The molecule has 0 spiro atoms. The second kappa shape index (κ2) is 7.97. The van der Waals surface area contributed by atoms with E-state index in [1.165, 1.54) is 0 Å². The summed E-state index contributed by atoms with van der Waals surface area (Å²) in [4.78, 5) is 18.1. The van der Waals surface area contributed by atoms with E-state index < -0.39 is 6.10 Å². The minimum atomic E-state index is -0.720. The minimum absolute atomic E-state index is 0.227. The summed E-state index contributed by atoms with van der Waals surface area (Å²) < 4.78 is 5.45. The van der Waals surface area contributed by atoms with Gasteiger partial charge in [-0.05, 0) is 33.3 Å². The van der Waals surface area contributed by atoms with Crippen LogP contribution >= 0.6 is 0 Å². The Kier molecular flexibility index (Phi) is 5.98. The second-order valence-electron chi connectivity index (χ2n) is 5.87. The third-order valence-electron chi connectivity index (χ3n) is 3.99. The molecule has 0 bridgehead atoms. The fourth-order valence-corrected chi connectivity index (χ4v) is 2.34. The summed E-state index contributed by atoms with van der Waals surface area (Å²) in [7, 11) is 0. The lowest BCUT2D eigenvalue weighted by molar-refractivity contribution is 0.123. The molecule has 0 saturated carbocycles. The van der Waals surface area contributed by atoms with Gasteiger partial charge >= 0.3 is 6.03 Å². The summed E-state index contributed by atoms with van der Waals surface area (Å²) in [6.07, 6.45) is -0.720. The number of hydrogen-bond donors (Lipinski definition) is 2. The van der Waals surface area contributed by atoms with Crippen LogP contribution < -0.4 is 5.32 Å². The van der Waals surface area contributed by atoms with Crippen molar-refractivity contribution in [2.45, 2.75) is 40.3 Å². The van der Waals surface area contributed by atoms with Gasteiger partial charge in [0.25, 0.3) is 0 Å². The van der Waals surface area contributed by atoms with Crippen LogP contribution in [0.2, 0.25) is 0 Å². The predicted octanol–water partition coefficient (Wildman–Crippen LogP) is 2.86. The minimum Gasteiger partial charge on any atom is -0.444 e. The van der Waals surface area contributed by atoms with Crippen LogP contribution in [0.25, 0.3) is 0 Å². The molecular formula is C18H25N3O3. The first-order valence-electron chi connectivity index (χ1n) is 8.11. The number of benzene rings is 1. The zero-order chi connectivity index (χ0) is 17.7. The van der Waals surface area contributed by atoms with Crippen molar-refractivity contribution >= 4 is 6.03 Å². The first-order valence-corrected chi connectivity index (χ1v) is 8.11. The fourth-order valence-electron chi connectivity index (χ4n) is 2.34. The van der Waals surface area contributed by atoms with E-state index in [4.69, 9.17) is 4.42 Å². The summed E-state index contributed by atoms with van der Waals surface area (Å²) in [5.74, 6) is 1.23. The average molecular weight is 331 g/mol. The second-order valence-corrected chi connectivity index (χ2v) is 5.87. The Hall–Kier alpha value is -2.34. The zero-order valence-corrected chi connectivity index (χ0v) is 14.7. The van der Waals surface area contributed by atoms with Gasteiger partial charge in [0, 0.05) is 6.54 Å². The maximum absolute atomic E-state index is 12.3. The standard InChI is InChI=1S/C18H25N3O3/c1-5-21(11-16(22)15-8-6-12(2)7-9-15)18(23)19-10-17-20-13(3)14(4)24-17/h6-9,16,22H,5,10-11H2,1-4H3,(H,19,23). The molecule has 0 saturated heterocycles. The van der Waals surface area contributed by atoms with Crippen molar-refractivity contribution in [3.8, 4) is 0 Å². The van der Waals surface area contributed by atoms with Crippen LogP contribution in [0.5, 0.6) is 0 Å². The van der Waals surface area contributed by atoms with Gasteiger partial charge in [0.05, 0.1) is 24.9 Å². The van der Waals surface area contributed by atoms with E-state index in [1.54, 1.807) is 4.90 Å². The number of aromatic nitrogens is 1. The van der Waals surface area contributed by atoms with E-state index in [0.29, 0.717) is 12.4 Å². The molecule has 1 heterocycles. The number of hydrogen-bond acceptors (Lipinski definition) is 4. The van der Waals surface area contributed by atoms with Gasteiger partial charge in [-0.25, -0.2) is 9.78 Å². The molecule has 0 aliphatic rings. The third kappa shape index (κ3) is 4.58. The Morgan fingerprint density at radius 2 is 1.96 bits per heavy atom. The monoisotopic (exact) mass is 331 g/mol. The van der Waals surface area contributed by atoms with Gasteiger partial charge in [-0.1, -0.05) is 29.8 Å². The van der Waals surface area contributed by atoms with Crippen molar-refractivity contribution in [1.82, 2.24) is 15.2 Å². The number of rotatable bonds is 6. The number of nitrogens with one attached hydrogen (secondary N) is 1. The number of aliphatic hydroxyl groups excluding tert-OH is 1. The predicted molar refractivity (Wildman–Crippen MR) is 91.6 cm³/mol.